The average molecular weight is 415 g/mol. The summed E-state index contributed by atoms with van der Waals surface area (Å²) < 4.78 is 0. The van der Waals surface area contributed by atoms with Gasteiger partial charge in [-0.3, -0.25) is 0 Å². The van der Waals surface area contributed by atoms with E-state index in [4.69, 9.17) is 39.6 Å². The Morgan fingerprint density at radius 2 is 0.529 bits per heavy atom. The Hall–Kier alpha value is -1.25. The molecule has 8 nitrogen and oxygen atoms in total. The van der Waals surface area contributed by atoms with Gasteiger partial charge in [-0.1, -0.05) is 0 Å². The van der Waals surface area contributed by atoms with Crippen LogP contribution in [0.4, 0.5) is 0 Å². The number of hydrogen-bond donors (Lipinski definition) is 0. The van der Waals surface area contributed by atoms with Crippen LogP contribution in [0.5, 0.6) is 0 Å². The normalized spacial score (nSPS) is 5.88. The number of hydrogen-bond acceptors (Lipinski definition) is 8. The molecule has 0 aliphatic heterocycles. The van der Waals surface area contributed by atoms with Crippen molar-refractivity contribution in [3.05, 3.63) is 0 Å². The maximum atomic E-state index is 8.89. The van der Waals surface area contributed by atoms with Gasteiger partial charge in [0.25, 0.3) is 0 Å². The van der Waals surface area contributed by atoms with Crippen molar-refractivity contribution in [2.75, 3.05) is 0 Å². The molecule has 0 atom stereocenters. The second kappa shape index (κ2) is 24.1. The molecule has 17 heavy (non-hydrogen) atoms. The standard InChI is InChI=1S/4C2H4O2.Hf/c4*1-2(3)4;/h4*1H3,(H,3,4);/q;;;;+4/p-4. The van der Waals surface area contributed by atoms with Crippen LogP contribution < -0.4 is 20.4 Å². The van der Waals surface area contributed by atoms with Crippen molar-refractivity contribution in [3.63, 3.8) is 0 Å². The van der Waals surface area contributed by atoms with Crippen LogP contribution in [0.2, 0.25) is 0 Å². The van der Waals surface area contributed by atoms with Gasteiger partial charge < -0.3 is 39.6 Å². The fourth-order valence-corrected chi connectivity index (χ4v) is 0. The topological polar surface area (TPSA) is 161 Å². The van der Waals surface area contributed by atoms with Crippen LogP contribution in [0.3, 0.4) is 0 Å². The first kappa shape index (κ1) is 29.7. The van der Waals surface area contributed by atoms with E-state index in [2.05, 4.69) is 0 Å². The van der Waals surface area contributed by atoms with Crippen molar-refractivity contribution in [1.82, 2.24) is 0 Å². The Kier molecular flexibility index (Phi) is 42.1. The Balaban J connectivity index is -0.0000000369. The third-order valence-corrected chi connectivity index (χ3v) is 0. The van der Waals surface area contributed by atoms with Gasteiger partial charge in [-0.2, -0.15) is 0 Å². The molecule has 0 amide bonds. The number of carbonyl (C=O) groups excluding carboxylic acids is 4. The zero-order valence-corrected chi connectivity index (χ0v) is 13.4. The fourth-order valence-electron chi connectivity index (χ4n) is 0. The van der Waals surface area contributed by atoms with E-state index in [-0.39, 0.29) is 25.8 Å². The molecule has 0 rings (SSSR count). The van der Waals surface area contributed by atoms with E-state index in [1.807, 2.05) is 0 Å². The van der Waals surface area contributed by atoms with Gasteiger partial charge in [0, 0.05) is 23.9 Å². The van der Waals surface area contributed by atoms with E-state index in [9.17, 15) is 0 Å². The van der Waals surface area contributed by atoms with Crippen LogP contribution in [-0.4, -0.2) is 23.9 Å². The Morgan fingerprint density at radius 1 is 0.529 bits per heavy atom. The molecule has 0 aliphatic rings. The first-order chi connectivity index (χ1) is 6.93. The third-order valence-electron chi connectivity index (χ3n) is 0. The largest absolute Gasteiger partial charge is 4.00 e. The minimum Gasteiger partial charge on any atom is -0.550 e. The Bertz CT molecular complexity index is 162. The summed E-state index contributed by atoms with van der Waals surface area (Å²) in [6, 6.07) is 0. The van der Waals surface area contributed by atoms with Gasteiger partial charge in [-0.25, -0.2) is 0 Å². The summed E-state index contributed by atoms with van der Waals surface area (Å²) in [6.07, 6.45) is 0. The average Bonchev–Trinajstić information content (AvgIpc) is 1.76. The molecule has 0 N–H and O–H groups in total. The molecule has 0 aromatic carbocycles. The van der Waals surface area contributed by atoms with Crippen LogP contribution in [-0.2, 0) is 45.0 Å². The van der Waals surface area contributed by atoms with Gasteiger partial charge in [0.05, 0.1) is 0 Å². The van der Waals surface area contributed by atoms with Crippen LogP contribution in [0.1, 0.15) is 27.7 Å². The molecule has 0 radical (unpaired) electrons. The van der Waals surface area contributed by atoms with Gasteiger partial charge in [0.1, 0.15) is 0 Å². The Labute approximate surface area is 117 Å². The molecule has 0 bridgehead atoms. The molecule has 96 valence electrons. The molecule has 9 heteroatoms. The molecule has 0 aromatic rings. The summed E-state index contributed by atoms with van der Waals surface area (Å²) >= 11 is 0. The monoisotopic (exact) mass is 416 g/mol. The molecule has 0 saturated carbocycles. The number of rotatable bonds is 0. The third kappa shape index (κ3) is 1530. The van der Waals surface area contributed by atoms with E-state index < -0.39 is 23.9 Å². The molecule has 0 saturated heterocycles. The van der Waals surface area contributed by atoms with Crippen molar-refractivity contribution < 1.29 is 65.4 Å². The van der Waals surface area contributed by atoms with E-state index in [0.717, 1.165) is 27.7 Å². The van der Waals surface area contributed by atoms with Crippen molar-refractivity contribution >= 4 is 23.9 Å². The first-order valence-corrected chi connectivity index (χ1v) is 3.63. The smallest absolute Gasteiger partial charge is 0.550 e. The van der Waals surface area contributed by atoms with Crippen LogP contribution in [0, 0.1) is 0 Å². The molecule has 0 aromatic heterocycles. The van der Waals surface area contributed by atoms with Gasteiger partial charge in [-0.05, 0) is 27.7 Å². The second-order valence-corrected chi connectivity index (χ2v) is 1.97. The predicted molar refractivity (Wildman–Crippen MR) is 42.7 cm³/mol. The van der Waals surface area contributed by atoms with E-state index >= 15 is 0 Å². The van der Waals surface area contributed by atoms with Crippen LogP contribution in [0.25, 0.3) is 0 Å². The van der Waals surface area contributed by atoms with Gasteiger partial charge in [0.15, 0.2) is 0 Å². The first-order valence-electron chi connectivity index (χ1n) is 3.63. The summed E-state index contributed by atoms with van der Waals surface area (Å²) in [7, 11) is 0. The SMILES string of the molecule is CC(=O)[O-].CC(=O)[O-].CC(=O)[O-].CC(=O)[O-].[Hf+4]. The Morgan fingerprint density at radius 3 is 0.529 bits per heavy atom. The fraction of sp³-hybridized carbons (Fsp3) is 0.500. The minimum absolute atomic E-state index is 0. The van der Waals surface area contributed by atoms with Gasteiger partial charge >= 0.3 is 25.8 Å². The molecule has 0 aliphatic carbocycles. The maximum Gasteiger partial charge on any atom is 4.00 e. The molecule has 0 unspecified atom stereocenters. The van der Waals surface area contributed by atoms with E-state index in [1.165, 1.54) is 0 Å². The van der Waals surface area contributed by atoms with Crippen molar-refractivity contribution in [1.29, 1.82) is 0 Å². The molecule has 0 fully saturated rings. The quantitative estimate of drug-likeness (QED) is 0.356. The summed E-state index contributed by atoms with van der Waals surface area (Å²) in [5.41, 5.74) is 0. The minimum atomic E-state index is -1.08. The second-order valence-electron chi connectivity index (χ2n) is 1.97. The zero-order valence-electron chi connectivity index (χ0n) is 9.77. The van der Waals surface area contributed by atoms with Crippen molar-refractivity contribution in [2.45, 2.75) is 27.7 Å². The predicted octanol–water partition coefficient (Wildman–Crippen LogP) is -4.98. The van der Waals surface area contributed by atoms with Crippen molar-refractivity contribution in [3.8, 4) is 0 Å². The summed E-state index contributed by atoms with van der Waals surface area (Å²) in [4.78, 5) is 35.6. The molecular weight excluding hydrogens is 403 g/mol. The maximum absolute atomic E-state index is 8.89. The number of carboxylic acids is 4. The van der Waals surface area contributed by atoms with Crippen LogP contribution >= 0.6 is 0 Å². The summed E-state index contributed by atoms with van der Waals surface area (Å²) in [5.74, 6) is -4.33. The van der Waals surface area contributed by atoms with E-state index in [1.54, 1.807) is 0 Å². The van der Waals surface area contributed by atoms with E-state index in [0.29, 0.717) is 0 Å². The molecular formula is C8H12HfO8. The van der Waals surface area contributed by atoms with Gasteiger partial charge in [0.2, 0.25) is 0 Å². The summed E-state index contributed by atoms with van der Waals surface area (Å²) in [6.45, 7) is 3.89. The zero-order chi connectivity index (χ0) is 14.3. The van der Waals surface area contributed by atoms with Crippen LogP contribution in [0.15, 0.2) is 0 Å². The number of aliphatic carboxylic acids is 4. The van der Waals surface area contributed by atoms with Gasteiger partial charge in [-0.15, -0.1) is 0 Å². The molecule has 0 spiro atoms. The number of carbonyl (C=O) groups is 4. The molecule has 0 heterocycles. The number of carboxylic acid groups (broad SMARTS) is 4. The van der Waals surface area contributed by atoms with Crippen molar-refractivity contribution in [2.24, 2.45) is 0 Å². The summed E-state index contributed by atoms with van der Waals surface area (Å²) in [5, 5.41) is 35.6.